The standard InChI is InChI=1S/C20H15F2NO4S/c21-20(22)28-17-8-4-3-7-15(17)23-18(25)11-27-19(26)14-9-12-5-1-2-6-13(12)10-16(14)24/h1-10,20,24H,11H2,(H,23,25). The molecule has 2 N–H and O–H groups in total. The van der Waals surface area contributed by atoms with Crippen molar-refractivity contribution in [1.29, 1.82) is 0 Å². The maximum absolute atomic E-state index is 12.6. The molecule has 0 fully saturated rings. The van der Waals surface area contributed by atoms with Crippen LogP contribution in [0.25, 0.3) is 10.8 Å². The molecule has 0 aliphatic heterocycles. The second-order valence-electron chi connectivity index (χ2n) is 5.72. The predicted octanol–water partition coefficient (Wildman–Crippen LogP) is 4.66. The van der Waals surface area contributed by atoms with Gasteiger partial charge in [-0.05, 0) is 35.0 Å². The van der Waals surface area contributed by atoms with Crippen molar-refractivity contribution >= 4 is 40.1 Å². The molecule has 0 bridgehead atoms. The lowest BCUT2D eigenvalue weighted by Crippen LogP contribution is -2.21. The maximum Gasteiger partial charge on any atom is 0.342 e. The number of amides is 1. The van der Waals surface area contributed by atoms with Crippen molar-refractivity contribution < 1.29 is 28.2 Å². The molecule has 0 atom stereocenters. The summed E-state index contributed by atoms with van der Waals surface area (Å²) in [6.07, 6.45) is 0. The number of aromatic hydroxyl groups is 1. The first-order chi connectivity index (χ1) is 13.4. The number of anilines is 1. The highest BCUT2D eigenvalue weighted by molar-refractivity contribution is 7.99. The number of para-hydroxylation sites is 1. The summed E-state index contributed by atoms with van der Waals surface area (Å²) in [4.78, 5) is 24.4. The van der Waals surface area contributed by atoms with Gasteiger partial charge >= 0.3 is 5.97 Å². The molecule has 144 valence electrons. The Kier molecular flexibility index (Phi) is 6.10. The number of hydrogen-bond acceptors (Lipinski definition) is 5. The molecule has 8 heteroatoms. The quantitative estimate of drug-likeness (QED) is 0.463. The van der Waals surface area contributed by atoms with Crippen LogP contribution in [0.1, 0.15) is 10.4 Å². The zero-order chi connectivity index (χ0) is 20.1. The van der Waals surface area contributed by atoms with E-state index in [0.717, 1.165) is 10.8 Å². The third-order valence-corrected chi connectivity index (χ3v) is 4.58. The van der Waals surface area contributed by atoms with E-state index in [4.69, 9.17) is 4.74 Å². The molecule has 0 unspecified atom stereocenters. The number of nitrogens with one attached hydrogen (secondary N) is 1. The van der Waals surface area contributed by atoms with Crippen LogP contribution >= 0.6 is 11.8 Å². The van der Waals surface area contributed by atoms with Gasteiger partial charge in [-0.1, -0.05) is 48.2 Å². The molecular formula is C20H15F2NO4S. The number of ether oxygens (including phenoxy) is 1. The predicted molar refractivity (Wildman–Crippen MR) is 103 cm³/mol. The number of phenolic OH excluding ortho intramolecular Hbond substituents is 1. The molecule has 0 saturated heterocycles. The number of phenols is 1. The molecular weight excluding hydrogens is 388 g/mol. The van der Waals surface area contributed by atoms with Gasteiger partial charge in [-0.15, -0.1) is 0 Å². The Hall–Kier alpha value is -3.13. The van der Waals surface area contributed by atoms with Crippen molar-refractivity contribution in [2.75, 3.05) is 11.9 Å². The number of esters is 1. The highest BCUT2D eigenvalue weighted by atomic mass is 32.2. The van der Waals surface area contributed by atoms with Crippen LogP contribution in [0, 0.1) is 0 Å². The molecule has 0 heterocycles. The van der Waals surface area contributed by atoms with Crippen molar-refractivity contribution in [3.8, 4) is 5.75 Å². The minimum Gasteiger partial charge on any atom is -0.507 e. The largest absolute Gasteiger partial charge is 0.507 e. The second kappa shape index (κ2) is 8.71. The summed E-state index contributed by atoms with van der Waals surface area (Å²) >= 11 is 0.302. The Morgan fingerprint density at radius 1 is 1.04 bits per heavy atom. The van der Waals surface area contributed by atoms with Gasteiger partial charge in [0, 0.05) is 4.90 Å². The monoisotopic (exact) mass is 403 g/mol. The Labute approximate surface area is 163 Å². The SMILES string of the molecule is O=C(COC(=O)c1cc2ccccc2cc1O)Nc1ccccc1SC(F)F. The molecule has 3 aromatic rings. The van der Waals surface area contributed by atoms with Gasteiger partial charge in [0.1, 0.15) is 11.3 Å². The van der Waals surface area contributed by atoms with E-state index in [1.807, 2.05) is 0 Å². The summed E-state index contributed by atoms with van der Waals surface area (Å²) in [5.74, 6) is -4.45. The summed E-state index contributed by atoms with van der Waals surface area (Å²) in [6.45, 7) is -0.626. The van der Waals surface area contributed by atoms with Gasteiger partial charge in [0.15, 0.2) is 6.61 Å². The summed E-state index contributed by atoms with van der Waals surface area (Å²) in [7, 11) is 0. The number of halogens is 2. The van der Waals surface area contributed by atoms with Crippen LogP contribution in [0.15, 0.2) is 65.6 Å². The molecule has 1 amide bonds. The minimum absolute atomic E-state index is 0.0693. The fourth-order valence-electron chi connectivity index (χ4n) is 2.56. The van der Waals surface area contributed by atoms with Crippen LogP contribution in [-0.2, 0) is 9.53 Å². The van der Waals surface area contributed by atoms with E-state index in [0.29, 0.717) is 11.8 Å². The highest BCUT2D eigenvalue weighted by Crippen LogP contribution is 2.31. The lowest BCUT2D eigenvalue weighted by Gasteiger charge is -2.11. The van der Waals surface area contributed by atoms with Gasteiger partial charge < -0.3 is 15.2 Å². The third kappa shape index (κ3) is 4.77. The second-order valence-corrected chi connectivity index (χ2v) is 6.75. The maximum atomic E-state index is 12.6. The molecule has 3 aromatic carbocycles. The molecule has 0 aliphatic rings. The molecule has 5 nitrogen and oxygen atoms in total. The van der Waals surface area contributed by atoms with E-state index in [2.05, 4.69) is 5.32 Å². The summed E-state index contributed by atoms with van der Waals surface area (Å²) in [6, 6.07) is 16.1. The van der Waals surface area contributed by atoms with Gasteiger partial charge in [-0.3, -0.25) is 4.79 Å². The van der Waals surface area contributed by atoms with Crippen molar-refractivity contribution in [3.63, 3.8) is 0 Å². The van der Waals surface area contributed by atoms with Gasteiger partial charge in [0.2, 0.25) is 0 Å². The fourth-order valence-corrected chi connectivity index (χ4v) is 3.15. The molecule has 3 rings (SSSR count). The normalized spacial score (nSPS) is 10.8. The number of thioether (sulfide) groups is 1. The smallest absolute Gasteiger partial charge is 0.342 e. The van der Waals surface area contributed by atoms with Gasteiger partial charge in [0.05, 0.1) is 5.69 Å². The number of benzene rings is 3. The zero-order valence-corrected chi connectivity index (χ0v) is 15.2. The van der Waals surface area contributed by atoms with Crippen molar-refractivity contribution in [1.82, 2.24) is 0 Å². The topological polar surface area (TPSA) is 75.6 Å². The molecule has 0 saturated carbocycles. The molecule has 0 spiro atoms. The van der Waals surface area contributed by atoms with Gasteiger partial charge in [-0.2, -0.15) is 8.78 Å². The number of carbonyl (C=O) groups excluding carboxylic acids is 2. The first-order valence-corrected chi connectivity index (χ1v) is 9.04. The van der Waals surface area contributed by atoms with E-state index in [1.54, 1.807) is 36.4 Å². The van der Waals surface area contributed by atoms with Crippen molar-refractivity contribution in [2.24, 2.45) is 0 Å². The number of rotatable bonds is 6. The summed E-state index contributed by atoms with van der Waals surface area (Å²) < 4.78 is 30.1. The Morgan fingerprint density at radius 3 is 2.39 bits per heavy atom. The number of carbonyl (C=O) groups is 2. The van der Waals surface area contributed by atoms with Gasteiger partial charge in [-0.25, -0.2) is 4.79 Å². The van der Waals surface area contributed by atoms with Crippen LogP contribution < -0.4 is 5.32 Å². The van der Waals surface area contributed by atoms with E-state index in [1.165, 1.54) is 24.3 Å². The average Bonchev–Trinajstić information content (AvgIpc) is 2.66. The van der Waals surface area contributed by atoms with Crippen molar-refractivity contribution in [3.05, 3.63) is 66.2 Å². The number of hydrogen-bond donors (Lipinski definition) is 2. The van der Waals surface area contributed by atoms with Crippen LogP contribution in [0.2, 0.25) is 0 Å². The van der Waals surface area contributed by atoms with Crippen LogP contribution in [0.5, 0.6) is 5.75 Å². The van der Waals surface area contributed by atoms with Crippen LogP contribution in [-0.4, -0.2) is 29.3 Å². The Balaban J connectivity index is 1.65. The van der Waals surface area contributed by atoms with Gasteiger partial charge in [0.25, 0.3) is 11.7 Å². The fraction of sp³-hybridized carbons (Fsp3) is 0.100. The molecule has 0 aliphatic carbocycles. The number of fused-ring (bicyclic) bond motifs is 1. The van der Waals surface area contributed by atoms with Crippen LogP contribution in [0.4, 0.5) is 14.5 Å². The molecule has 0 radical (unpaired) electrons. The molecule has 0 aromatic heterocycles. The Bertz CT molecular complexity index is 1030. The van der Waals surface area contributed by atoms with E-state index in [-0.39, 0.29) is 21.9 Å². The lowest BCUT2D eigenvalue weighted by molar-refractivity contribution is -0.119. The lowest BCUT2D eigenvalue weighted by atomic mass is 10.1. The minimum atomic E-state index is -2.63. The zero-order valence-electron chi connectivity index (χ0n) is 14.4. The van der Waals surface area contributed by atoms with Crippen molar-refractivity contribution in [2.45, 2.75) is 10.7 Å². The number of alkyl halides is 2. The first kappa shape index (κ1) is 19.6. The summed E-state index contributed by atoms with van der Waals surface area (Å²) in [5.41, 5.74) is 0.127. The average molecular weight is 403 g/mol. The van der Waals surface area contributed by atoms with E-state index in [9.17, 15) is 23.5 Å². The van der Waals surface area contributed by atoms with E-state index < -0.39 is 24.2 Å². The molecule has 28 heavy (non-hydrogen) atoms. The summed E-state index contributed by atoms with van der Waals surface area (Å²) in [5, 5.41) is 13.9. The highest BCUT2D eigenvalue weighted by Gasteiger charge is 2.17. The van der Waals surface area contributed by atoms with E-state index >= 15 is 0 Å². The first-order valence-electron chi connectivity index (χ1n) is 8.16. The van der Waals surface area contributed by atoms with Crippen LogP contribution in [0.3, 0.4) is 0 Å². The third-order valence-electron chi connectivity index (χ3n) is 3.80. The Morgan fingerprint density at radius 2 is 1.68 bits per heavy atom.